The van der Waals surface area contributed by atoms with Gasteiger partial charge in [-0.3, -0.25) is 9.69 Å². The molecule has 0 aromatic heterocycles. The number of hydrogen-bond donors (Lipinski definition) is 1. The van der Waals surface area contributed by atoms with Crippen molar-refractivity contribution in [3.8, 4) is 0 Å². The summed E-state index contributed by atoms with van der Waals surface area (Å²) >= 11 is 0. The summed E-state index contributed by atoms with van der Waals surface area (Å²) in [4.78, 5) is 18.1. The zero-order chi connectivity index (χ0) is 15.0. The van der Waals surface area contributed by atoms with Gasteiger partial charge in [-0.25, -0.2) is 0 Å². The summed E-state index contributed by atoms with van der Waals surface area (Å²) in [6, 6.07) is 0.344. The Morgan fingerprint density at radius 3 is 2.55 bits per heavy atom. The molecule has 2 atom stereocenters. The number of hydrogen-bond acceptors (Lipinski definition) is 4. The Hall–Kier alpha value is -0.650. The molecule has 0 bridgehead atoms. The molecule has 22 heavy (non-hydrogen) atoms. The number of nitrogens with one attached hydrogen (secondary N) is 1. The molecule has 1 N–H and O–H groups in total. The van der Waals surface area contributed by atoms with Crippen molar-refractivity contribution in [2.24, 2.45) is 0 Å². The fraction of sp³-hybridized carbons (Fsp3) is 0.941. The number of likely N-dealkylation sites (tertiary alicyclic amines) is 2. The lowest BCUT2D eigenvalue weighted by atomic mass is 9.79. The van der Waals surface area contributed by atoms with Crippen LogP contribution in [0.1, 0.15) is 44.9 Å². The first kappa shape index (κ1) is 14.9. The number of morpholine rings is 1. The van der Waals surface area contributed by atoms with Gasteiger partial charge in [-0.15, -0.1) is 0 Å². The predicted molar refractivity (Wildman–Crippen MR) is 84.7 cm³/mol. The molecule has 0 spiro atoms. The number of carbonyl (C=O) groups excluding carboxylic acids is 1. The van der Waals surface area contributed by atoms with Crippen LogP contribution in [0.25, 0.3) is 0 Å². The Morgan fingerprint density at radius 2 is 1.82 bits per heavy atom. The van der Waals surface area contributed by atoms with Crippen molar-refractivity contribution in [1.82, 2.24) is 15.1 Å². The van der Waals surface area contributed by atoms with Gasteiger partial charge in [0.15, 0.2) is 0 Å². The minimum atomic E-state index is -0.192. The van der Waals surface area contributed by atoms with Gasteiger partial charge in [0.05, 0.1) is 18.8 Å². The Bertz CT molecular complexity index is 402. The van der Waals surface area contributed by atoms with E-state index < -0.39 is 0 Å². The van der Waals surface area contributed by atoms with E-state index in [2.05, 4.69) is 15.1 Å². The summed E-state index contributed by atoms with van der Waals surface area (Å²) < 4.78 is 5.86. The van der Waals surface area contributed by atoms with Gasteiger partial charge in [0.1, 0.15) is 5.54 Å². The largest absolute Gasteiger partial charge is 0.373 e. The summed E-state index contributed by atoms with van der Waals surface area (Å²) in [5, 5.41) is 3.52. The Kier molecular flexibility index (Phi) is 4.13. The van der Waals surface area contributed by atoms with Crippen LogP contribution in [0.3, 0.4) is 0 Å². The molecule has 4 aliphatic rings. The van der Waals surface area contributed by atoms with Gasteiger partial charge in [-0.2, -0.15) is 0 Å². The van der Waals surface area contributed by atoms with Crippen molar-refractivity contribution in [2.75, 3.05) is 39.3 Å². The molecular weight excluding hydrogens is 278 g/mol. The van der Waals surface area contributed by atoms with Gasteiger partial charge >= 0.3 is 0 Å². The highest BCUT2D eigenvalue weighted by molar-refractivity contribution is 5.87. The monoisotopic (exact) mass is 307 g/mol. The molecule has 4 rings (SSSR count). The first-order chi connectivity index (χ1) is 10.8. The summed E-state index contributed by atoms with van der Waals surface area (Å²) in [5.74, 6) is 0.397. The second-order valence-electron chi connectivity index (χ2n) is 7.47. The SMILES string of the molecule is O=C(N1C[C@@H]2NCCO[C@H]2C1)C1(N2CCCC2)CCCCC1. The maximum Gasteiger partial charge on any atom is 0.243 e. The average Bonchev–Trinajstić information content (AvgIpc) is 3.24. The number of amides is 1. The molecule has 4 fully saturated rings. The zero-order valence-electron chi connectivity index (χ0n) is 13.6. The lowest BCUT2D eigenvalue weighted by Gasteiger charge is -2.45. The molecule has 1 saturated carbocycles. The molecule has 0 aromatic carbocycles. The van der Waals surface area contributed by atoms with Crippen molar-refractivity contribution < 1.29 is 9.53 Å². The van der Waals surface area contributed by atoms with Gasteiger partial charge in [-0.1, -0.05) is 19.3 Å². The standard InChI is InChI=1S/C17H29N3O2/c21-16(19-12-14-15(13-19)22-11-8-18-14)17(6-2-1-3-7-17)20-9-4-5-10-20/h14-15,18H,1-13H2/t14-,15-/m0/s1. The third kappa shape index (κ3) is 2.47. The molecule has 3 saturated heterocycles. The first-order valence-electron chi connectivity index (χ1n) is 9.19. The van der Waals surface area contributed by atoms with E-state index in [9.17, 15) is 4.79 Å². The third-order valence-corrected chi connectivity index (χ3v) is 6.18. The van der Waals surface area contributed by atoms with E-state index in [1.165, 1.54) is 32.1 Å². The van der Waals surface area contributed by atoms with Crippen molar-refractivity contribution in [1.29, 1.82) is 0 Å². The minimum Gasteiger partial charge on any atom is -0.373 e. The summed E-state index contributed by atoms with van der Waals surface area (Å²) in [6.07, 6.45) is 8.54. The average molecular weight is 307 g/mol. The van der Waals surface area contributed by atoms with Gasteiger partial charge in [0, 0.05) is 19.6 Å². The molecule has 124 valence electrons. The second kappa shape index (κ2) is 6.10. The number of rotatable bonds is 2. The summed E-state index contributed by atoms with van der Waals surface area (Å²) in [7, 11) is 0. The van der Waals surface area contributed by atoms with E-state index in [1.807, 2.05) is 0 Å². The van der Waals surface area contributed by atoms with E-state index in [4.69, 9.17) is 4.74 Å². The molecule has 0 unspecified atom stereocenters. The molecular formula is C17H29N3O2. The molecule has 1 aliphatic carbocycles. The van der Waals surface area contributed by atoms with Crippen LogP contribution in [0.2, 0.25) is 0 Å². The normalized spacial score (nSPS) is 35.5. The fourth-order valence-corrected chi connectivity index (χ4v) is 5.00. The van der Waals surface area contributed by atoms with Gasteiger partial charge < -0.3 is 15.0 Å². The Morgan fingerprint density at radius 1 is 1.05 bits per heavy atom. The zero-order valence-corrected chi connectivity index (χ0v) is 13.6. The van der Waals surface area contributed by atoms with Crippen molar-refractivity contribution in [3.63, 3.8) is 0 Å². The van der Waals surface area contributed by atoms with Gasteiger partial charge in [-0.05, 0) is 38.8 Å². The van der Waals surface area contributed by atoms with Gasteiger partial charge in [0.25, 0.3) is 0 Å². The smallest absolute Gasteiger partial charge is 0.243 e. The van der Waals surface area contributed by atoms with E-state index in [-0.39, 0.29) is 11.6 Å². The Balaban J connectivity index is 1.53. The van der Waals surface area contributed by atoms with Crippen molar-refractivity contribution >= 4 is 5.91 Å². The summed E-state index contributed by atoms with van der Waals surface area (Å²) in [6.45, 7) is 5.54. The maximum atomic E-state index is 13.5. The topological polar surface area (TPSA) is 44.8 Å². The number of ether oxygens (including phenoxy) is 1. The fourth-order valence-electron chi connectivity index (χ4n) is 5.00. The highest BCUT2D eigenvalue weighted by Crippen LogP contribution is 2.38. The van der Waals surface area contributed by atoms with Crippen LogP contribution in [0.15, 0.2) is 0 Å². The van der Waals surface area contributed by atoms with Crippen LogP contribution >= 0.6 is 0 Å². The summed E-state index contributed by atoms with van der Waals surface area (Å²) in [5.41, 5.74) is -0.192. The minimum absolute atomic E-state index is 0.192. The lowest BCUT2D eigenvalue weighted by Crippen LogP contribution is -2.59. The van der Waals surface area contributed by atoms with E-state index in [0.29, 0.717) is 11.9 Å². The molecule has 3 aliphatic heterocycles. The van der Waals surface area contributed by atoms with Crippen molar-refractivity contribution in [2.45, 2.75) is 62.6 Å². The molecule has 5 heteroatoms. The highest BCUT2D eigenvalue weighted by Gasteiger charge is 2.50. The van der Waals surface area contributed by atoms with E-state index >= 15 is 0 Å². The van der Waals surface area contributed by atoms with E-state index in [1.54, 1.807) is 0 Å². The molecule has 5 nitrogen and oxygen atoms in total. The Labute approximate surface area is 133 Å². The number of fused-ring (bicyclic) bond motifs is 1. The van der Waals surface area contributed by atoms with Crippen LogP contribution < -0.4 is 5.32 Å². The number of nitrogens with zero attached hydrogens (tertiary/aromatic N) is 2. The van der Waals surface area contributed by atoms with Crippen LogP contribution in [0.5, 0.6) is 0 Å². The quantitative estimate of drug-likeness (QED) is 0.826. The van der Waals surface area contributed by atoms with Crippen LogP contribution in [0, 0.1) is 0 Å². The molecule has 0 aromatic rings. The van der Waals surface area contributed by atoms with Crippen LogP contribution in [-0.4, -0.2) is 72.7 Å². The maximum absolute atomic E-state index is 13.5. The van der Waals surface area contributed by atoms with Crippen LogP contribution in [-0.2, 0) is 9.53 Å². The van der Waals surface area contributed by atoms with Crippen molar-refractivity contribution in [3.05, 3.63) is 0 Å². The van der Waals surface area contributed by atoms with Crippen LogP contribution in [0.4, 0.5) is 0 Å². The molecule has 0 radical (unpaired) electrons. The third-order valence-electron chi connectivity index (χ3n) is 6.18. The lowest BCUT2D eigenvalue weighted by molar-refractivity contribution is -0.146. The molecule has 3 heterocycles. The van der Waals surface area contributed by atoms with E-state index in [0.717, 1.165) is 52.2 Å². The second-order valence-corrected chi connectivity index (χ2v) is 7.47. The molecule has 1 amide bonds. The number of carbonyl (C=O) groups is 1. The van der Waals surface area contributed by atoms with Gasteiger partial charge in [0.2, 0.25) is 5.91 Å². The first-order valence-corrected chi connectivity index (χ1v) is 9.19. The predicted octanol–water partition coefficient (Wildman–Crippen LogP) is 0.984. The highest BCUT2D eigenvalue weighted by atomic mass is 16.5.